The van der Waals surface area contributed by atoms with Gasteiger partial charge in [0.2, 0.25) is 0 Å². The number of fused-ring (bicyclic) bond motifs is 1. The molecule has 0 saturated heterocycles. The van der Waals surface area contributed by atoms with Gasteiger partial charge in [0, 0.05) is 31.3 Å². The Hall–Kier alpha value is -2.67. The van der Waals surface area contributed by atoms with Crippen LogP contribution in [-0.2, 0) is 6.54 Å². The lowest BCUT2D eigenvalue weighted by Crippen LogP contribution is -2.39. The van der Waals surface area contributed by atoms with Crippen LogP contribution in [0.1, 0.15) is 23.2 Å². The number of carbonyl (C=O) groups is 1. The van der Waals surface area contributed by atoms with Crippen molar-refractivity contribution in [2.75, 3.05) is 0 Å². The Morgan fingerprint density at radius 2 is 2.38 bits per heavy atom. The first-order valence-electron chi connectivity index (χ1n) is 8.07. The number of aromatic amines is 1. The third-order valence-corrected chi connectivity index (χ3v) is 4.63. The van der Waals surface area contributed by atoms with Crippen LogP contribution >= 0.6 is 0 Å². The fourth-order valence-electron chi connectivity index (χ4n) is 3.43. The molecule has 1 saturated carbocycles. The number of rotatable bonds is 4. The summed E-state index contributed by atoms with van der Waals surface area (Å²) in [5.41, 5.74) is 2.15. The predicted octanol–water partition coefficient (Wildman–Crippen LogP) is 1.33. The molecule has 7 heteroatoms. The van der Waals surface area contributed by atoms with E-state index in [9.17, 15) is 9.90 Å². The van der Waals surface area contributed by atoms with Gasteiger partial charge in [0.15, 0.2) is 0 Å². The normalized spacial score (nSPS) is 23.6. The summed E-state index contributed by atoms with van der Waals surface area (Å²) in [4.78, 5) is 23.8. The van der Waals surface area contributed by atoms with Crippen molar-refractivity contribution < 1.29 is 9.90 Å². The van der Waals surface area contributed by atoms with Gasteiger partial charge in [0.25, 0.3) is 5.91 Å². The van der Waals surface area contributed by atoms with E-state index in [1.807, 2.05) is 16.8 Å². The highest BCUT2D eigenvalue weighted by Crippen LogP contribution is 2.28. The third kappa shape index (κ3) is 2.90. The summed E-state index contributed by atoms with van der Waals surface area (Å²) in [5, 5.41) is 13.2. The Morgan fingerprint density at radius 1 is 1.46 bits per heavy atom. The molecule has 3 aromatic rings. The minimum atomic E-state index is -0.523. The minimum Gasteiger partial charge on any atom is -0.391 e. The van der Waals surface area contributed by atoms with E-state index in [0.29, 0.717) is 17.9 Å². The molecule has 0 bridgehead atoms. The maximum absolute atomic E-state index is 12.4. The molecule has 0 radical (unpaired) electrons. The van der Waals surface area contributed by atoms with Crippen LogP contribution in [0.25, 0.3) is 11.0 Å². The van der Waals surface area contributed by atoms with E-state index < -0.39 is 6.10 Å². The van der Waals surface area contributed by atoms with E-state index in [4.69, 9.17) is 0 Å². The van der Waals surface area contributed by atoms with Crippen LogP contribution in [0.3, 0.4) is 0 Å². The molecular weight excluding hydrogens is 306 g/mol. The van der Waals surface area contributed by atoms with Crippen LogP contribution in [0, 0.1) is 5.92 Å². The quantitative estimate of drug-likeness (QED) is 0.674. The number of nitrogens with zero attached hydrogens (tertiary/aromatic N) is 3. The topological polar surface area (TPSA) is 95.8 Å². The molecule has 3 aromatic heterocycles. The highest BCUT2D eigenvalue weighted by molar-refractivity contribution is 5.96. The zero-order chi connectivity index (χ0) is 16.5. The van der Waals surface area contributed by atoms with Gasteiger partial charge in [-0.3, -0.25) is 9.78 Å². The molecule has 24 heavy (non-hydrogen) atoms. The largest absolute Gasteiger partial charge is 0.391 e. The van der Waals surface area contributed by atoms with E-state index >= 15 is 0 Å². The highest BCUT2D eigenvalue weighted by atomic mass is 16.3. The average molecular weight is 325 g/mol. The van der Waals surface area contributed by atoms with Gasteiger partial charge < -0.3 is 20.0 Å². The Kier molecular flexibility index (Phi) is 3.78. The van der Waals surface area contributed by atoms with Crippen LogP contribution in [-0.4, -0.2) is 42.7 Å². The van der Waals surface area contributed by atoms with E-state index in [2.05, 4.69) is 20.3 Å². The summed E-state index contributed by atoms with van der Waals surface area (Å²) in [6.45, 7) is 0.805. The van der Waals surface area contributed by atoms with Crippen LogP contribution < -0.4 is 5.32 Å². The fourth-order valence-corrected chi connectivity index (χ4v) is 3.43. The number of amides is 1. The van der Waals surface area contributed by atoms with Gasteiger partial charge in [-0.2, -0.15) is 0 Å². The second kappa shape index (κ2) is 6.09. The Morgan fingerprint density at radius 3 is 3.21 bits per heavy atom. The van der Waals surface area contributed by atoms with Crippen molar-refractivity contribution in [1.29, 1.82) is 0 Å². The molecule has 7 nitrogen and oxygen atoms in total. The third-order valence-electron chi connectivity index (χ3n) is 4.63. The van der Waals surface area contributed by atoms with Gasteiger partial charge in [-0.1, -0.05) is 0 Å². The molecule has 3 N–H and O–H groups in total. The lowest BCUT2D eigenvalue weighted by molar-refractivity contribution is 0.0872. The number of imidazole rings is 1. The number of nitrogens with one attached hydrogen (secondary N) is 2. The zero-order valence-corrected chi connectivity index (χ0v) is 13.1. The van der Waals surface area contributed by atoms with Crippen molar-refractivity contribution in [3.8, 4) is 0 Å². The zero-order valence-electron chi connectivity index (χ0n) is 13.1. The van der Waals surface area contributed by atoms with Gasteiger partial charge in [0.1, 0.15) is 0 Å². The monoisotopic (exact) mass is 325 g/mol. The van der Waals surface area contributed by atoms with Crippen LogP contribution in [0.2, 0.25) is 0 Å². The molecule has 1 unspecified atom stereocenters. The molecule has 1 fully saturated rings. The van der Waals surface area contributed by atoms with E-state index in [0.717, 1.165) is 24.0 Å². The number of H-pyrrole nitrogens is 1. The Labute approximate surface area is 138 Å². The number of aromatic nitrogens is 4. The van der Waals surface area contributed by atoms with Gasteiger partial charge in [-0.15, -0.1) is 0 Å². The maximum atomic E-state index is 12.4. The van der Waals surface area contributed by atoms with Crippen molar-refractivity contribution in [1.82, 2.24) is 24.8 Å². The van der Waals surface area contributed by atoms with Crippen molar-refractivity contribution >= 4 is 16.9 Å². The molecule has 1 aliphatic rings. The second-order valence-corrected chi connectivity index (χ2v) is 6.38. The summed E-state index contributed by atoms with van der Waals surface area (Å²) < 4.78 is 2.00. The first-order chi connectivity index (χ1) is 11.7. The summed E-state index contributed by atoms with van der Waals surface area (Å²) in [6.07, 6.45) is 9.70. The fraction of sp³-hybridized carbons (Fsp3) is 0.353. The molecule has 1 aliphatic carbocycles. The SMILES string of the molecule is O=C(N[C@@H]1CC(Cn2ccnc2)C[C@H]1O)c1cnc2cc[nH]c2c1. The van der Waals surface area contributed by atoms with Crippen molar-refractivity contribution in [3.63, 3.8) is 0 Å². The van der Waals surface area contributed by atoms with Crippen LogP contribution in [0.4, 0.5) is 0 Å². The first-order valence-corrected chi connectivity index (χ1v) is 8.07. The lowest BCUT2D eigenvalue weighted by Gasteiger charge is -2.16. The summed E-state index contributed by atoms with van der Waals surface area (Å²) in [7, 11) is 0. The van der Waals surface area contributed by atoms with Crippen LogP contribution in [0.5, 0.6) is 0 Å². The van der Waals surface area contributed by atoms with E-state index in [1.54, 1.807) is 31.0 Å². The maximum Gasteiger partial charge on any atom is 0.253 e. The average Bonchev–Trinajstić information content (AvgIpc) is 3.29. The number of hydrogen-bond acceptors (Lipinski definition) is 4. The lowest BCUT2D eigenvalue weighted by atomic mass is 10.1. The number of pyridine rings is 1. The smallest absolute Gasteiger partial charge is 0.253 e. The Balaban J connectivity index is 1.41. The van der Waals surface area contributed by atoms with Gasteiger partial charge in [-0.25, -0.2) is 4.98 Å². The molecule has 3 heterocycles. The Bertz CT molecular complexity index is 842. The molecular formula is C17H19N5O2. The molecule has 0 spiro atoms. The van der Waals surface area contributed by atoms with Crippen molar-refractivity contribution in [3.05, 3.63) is 48.8 Å². The number of aliphatic hydroxyl groups excluding tert-OH is 1. The molecule has 0 aliphatic heterocycles. The minimum absolute atomic E-state index is 0.202. The molecule has 124 valence electrons. The predicted molar refractivity (Wildman–Crippen MR) is 88.3 cm³/mol. The molecule has 1 amide bonds. The van der Waals surface area contributed by atoms with E-state index in [1.165, 1.54) is 0 Å². The molecule has 0 aromatic carbocycles. The number of carbonyl (C=O) groups excluding carboxylic acids is 1. The number of aliphatic hydroxyl groups is 1. The number of hydrogen-bond donors (Lipinski definition) is 3. The summed E-state index contributed by atoms with van der Waals surface area (Å²) in [5.74, 6) is 0.120. The molecule has 4 rings (SSSR count). The van der Waals surface area contributed by atoms with Gasteiger partial charge >= 0.3 is 0 Å². The van der Waals surface area contributed by atoms with Crippen molar-refractivity contribution in [2.45, 2.75) is 31.5 Å². The summed E-state index contributed by atoms with van der Waals surface area (Å²) in [6, 6.07) is 3.41. The highest BCUT2D eigenvalue weighted by Gasteiger charge is 2.34. The second-order valence-electron chi connectivity index (χ2n) is 6.38. The summed E-state index contributed by atoms with van der Waals surface area (Å²) >= 11 is 0. The molecule has 3 atom stereocenters. The standard InChI is InChI=1S/C17H19N5O2/c23-16-6-11(9-22-4-3-18-10-22)5-15(16)21-17(24)12-7-14-13(20-8-12)1-2-19-14/h1-4,7-8,10-11,15-16,19,23H,5-6,9H2,(H,21,24)/t11?,15-,16-/m1/s1. The van der Waals surface area contributed by atoms with Gasteiger partial charge in [-0.05, 0) is 30.9 Å². The van der Waals surface area contributed by atoms with Crippen LogP contribution in [0.15, 0.2) is 43.2 Å². The van der Waals surface area contributed by atoms with Crippen molar-refractivity contribution in [2.24, 2.45) is 5.92 Å². The van der Waals surface area contributed by atoms with Gasteiger partial charge in [0.05, 0.1) is 35.1 Å². The first kappa shape index (κ1) is 14.9. The van der Waals surface area contributed by atoms with E-state index in [-0.39, 0.29) is 11.9 Å².